The normalized spacial score (nSPS) is 15.0. The Balaban J connectivity index is 3.93. The zero-order valence-corrected chi connectivity index (χ0v) is 13.0. The van der Waals surface area contributed by atoms with Crippen molar-refractivity contribution >= 4 is 0 Å². The Morgan fingerprint density at radius 1 is 1.06 bits per heavy atom. The topological polar surface area (TPSA) is 21.3 Å². The van der Waals surface area contributed by atoms with Gasteiger partial charge >= 0.3 is 0 Å². The monoisotopic (exact) mass is 243 g/mol. The van der Waals surface area contributed by atoms with E-state index in [1.807, 2.05) is 0 Å². The largest absolute Gasteiger partial charge is 0.376 e. The molecule has 0 rings (SSSR count). The maximum Gasteiger partial charge on any atom is 0.0598 e. The molecule has 0 spiro atoms. The fraction of sp³-hybridized carbons (Fsp3) is 1.00. The van der Waals surface area contributed by atoms with E-state index >= 15 is 0 Å². The fourth-order valence-electron chi connectivity index (χ4n) is 1.83. The minimum absolute atomic E-state index is 0.00588. The minimum Gasteiger partial charge on any atom is -0.376 e. The van der Waals surface area contributed by atoms with Gasteiger partial charge in [0.25, 0.3) is 0 Å². The number of hydrogen-bond acceptors (Lipinski definition) is 2. The van der Waals surface area contributed by atoms with E-state index in [1.165, 1.54) is 12.8 Å². The van der Waals surface area contributed by atoms with E-state index < -0.39 is 0 Å². The van der Waals surface area contributed by atoms with Gasteiger partial charge in [-0.3, -0.25) is 0 Å². The summed E-state index contributed by atoms with van der Waals surface area (Å²) in [6.45, 7) is 17.5. The van der Waals surface area contributed by atoms with E-state index in [-0.39, 0.29) is 5.60 Å². The zero-order valence-electron chi connectivity index (χ0n) is 13.0. The van der Waals surface area contributed by atoms with Gasteiger partial charge in [-0.15, -0.1) is 0 Å². The van der Waals surface area contributed by atoms with Crippen LogP contribution in [0.4, 0.5) is 0 Å². The standard InChI is InChI=1S/C15H33NO/c1-8-11-16-13(14(2,3)4)10-9-12-17-15(5,6)7/h13,16H,8-12H2,1-7H3. The molecule has 1 atom stereocenters. The Bertz CT molecular complexity index is 188. The Morgan fingerprint density at radius 3 is 2.06 bits per heavy atom. The zero-order chi connectivity index (χ0) is 13.5. The van der Waals surface area contributed by atoms with Crippen molar-refractivity contribution in [2.24, 2.45) is 5.41 Å². The van der Waals surface area contributed by atoms with Gasteiger partial charge in [0.1, 0.15) is 0 Å². The molecule has 0 aromatic rings. The summed E-state index contributed by atoms with van der Waals surface area (Å²) in [7, 11) is 0. The SMILES string of the molecule is CCCNC(CCCOC(C)(C)C)C(C)(C)C. The number of rotatable bonds is 7. The van der Waals surface area contributed by atoms with Gasteiger partial charge in [-0.05, 0) is 52.0 Å². The molecule has 0 saturated carbocycles. The molecule has 0 aliphatic heterocycles. The highest BCUT2D eigenvalue weighted by molar-refractivity contribution is 4.80. The van der Waals surface area contributed by atoms with Gasteiger partial charge < -0.3 is 10.1 Å². The highest BCUT2D eigenvalue weighted by Crippen LogP contribution is 2.23. The Kier molecular flexibility index (Phi) is 7.34. The van der Waals surface area contributed by atoms with E-state index in [0.717, 1.165) is 19.6 Å². The van der Waals surface area contributed by atoms with E-state index in [9.17, 15) is 0 Å². The van der Waals surface area contributed by atoms with Crippen molar-refractivity contribution in [2.45, 2.75) is 79.4 Å². The smallest absolute Gasteiger partial charge is 0.0598 e. The first-order valence-electron chi connectivity index (χ1n) is 7.04. The highest BCUT2D eigenvalue weighted by atomic mass is 16.5. The van der Waals surface area contributed by atoms with Crippen LogP contribution in [0.5, 0.6) is 0 Å². The van der Waals surface area contributed by atoms with Gasteiger partial charge in [0.15, 0.2) is 0 Å². The number of nitrogens with one attached hydrogen (secondary N) is 1. The number of ether oxygens (including phenoxy) is 1. The van der Waals surface area contributed by atoms with Gasteiger partial charge in [-0.1, -0.05) is 27.7 Å². The second-order valence-electron chi connectivity index (χ2n) is 6.98. The summed E-state index contributed by atoms with van der Waals surface area (Å²) in [4.78, 5) is 0. The molecule has 1 N–H and O–H groups in total. The van der Waals surface area contributed by atoms with Crippen molar-refractivity contribution in [1.29, 1.82) is 0 Å². The first-order valence-corrected chi connectivity index (χ1v) is 7.04. The second-order valence-corrected chi connectivity index (χ2v) is 6.98. The van der Waals surface area contributed by atoms with Crippen LogP contribution in [-0.2, 0) is 4.74 Å². The summed E-state index contributed by atoms with van der Waals surface area (Å²) >= 11 is 0. The predicted octanol–water partition coefficient (Wildman–Crippen LogP) is 4.00. The predicted molar refractivity (Wildman–Crippen MR) is 76.5 cm³/mol. The average molecular weight is 243 g/mol. The minimum atomic E-state index is -0.00588. The number of hydrogen-bond donors (Lipinski definition) is 1. The third-order valence-corrected chi connectivity index (χ3v) is 2.86. The van der Waals surface area contributed by atoms with Gasteiger partial charge in [0.05, 0.1) is 5.60 Å². The van der Waals surface area contributed by atoms with Gasteiger partial charge in [0.2, 0.25) is 0 Å². The Labute approximate surface area is 109 Å². The summed E-state index contributed by atoms with van der Waals surface area (Å²) in [5.74, 6) is 0. The lowest BCUT2D eigenvalue weighted by Gasteiger charge is -2.32. The van der Waals surface area contributed by atoms with Crippen LogP contribution in [0.2, 0.25) is 0 Å². The molecule has 0 aliphatic rings. The molecule has 17 heavy (non-hydrogen) atoms. The van der Waals surface area contributed by atoms with Crippen LogP contribution in [-0.4, -0.2) is 24.8 Å². The van der Waals surface area contributed by atoms with Crippen molar-refractivity contribution in [2.75, 3.05) is 13.2 Å². The maximum absolute atomic E-state index is 5.77. The molecule has 2 heteroatoms. The summed E-state index contributed by atoms with van der Waals surface area (Å²) in [5.41, 5.74) is 0.324. The first-order chi connectivity index (χ1) is 7.67. The molecule has 0 radical (unpaired) electrons. The molecule has 0 aromatic heterocycles. The average Bonchev–Trinajstić information content (AvgIpc) is 2.13. The van der Waals surface area contributed by atoms with Gasteiger partial charge in [-0.25, -0.2) is 0 Å². The molecule has 0 fully saturated rings. The van der Waals surface area contributed by atoms with Crippen LogP contribution < -0.4 is 5.32 Å². The quantitative estimate of drug-likeness (QED) is 0.683. The van der Waals surface area contributed by atoms with Crippen LogP contribution in [0.15, 0.2) is 0 Å². The van der Waals surface area contributed by atoms with Crippen molar-refractivity contribution in [3.05, 3.63) is 0 Å². The molecule has 0 aromatic carbocycles. The second kappa shape index (κ2) is 7.38. The van der Waals surface area contributed by atoms with Crippen LogP contribution >= 0.6 is 0 Å². The molecule has 2 nitrogen and oxygen atoms in total. The van der Waals surface area contributed by atoms with E-state index in [4.69, 9.17) is 4.74 Å². The molecule has 0 bridgehead atoms. The lowest BCUT2D eigenvalue weighted by molar-refractivity contribution is -0.00649. The molecule has 0 heterocycles. The van der Waals surface area contributed by atoms with Gasteiger partial charge in [-0.2, -0.15) is 0 Å². The van der Waals surface area contributed by atoms with Crippen LogP contribution in [0.25, 0.3) is 0 Å². The molecular formula is C15H33NO. The maximum atomic E-state index is 5.77. The lowest BCUT2D eigenvalue weighted by Crippen LogP contribution is -2.40. The molecule has 0 amide bonds. The van der Waals surface area contributed by atoms with Crippen molar-refractivity contribution in [3.8, 4) is 0 Å². The summed E-state index contributed by atoms with van der Waals surface area (Å²) < 4.78 is 5.77. The summed E-state index contributed by atoms with van der Waals surface area (Å²) in [5, 5.41) is 3.65. The highest BCUT2D eigenvalue weighted by Gasteiger charge is 2.23. The molecule has 104 valence electrons. The Hall–Kier alpha value is -0.0800. The van der Waals surface area contributed by atoms with E-state index in [0.29, 0.717) is 11.5 Å². The summed E-state index contributed by atoms with van der Waals surface area (Å²) in [6.07, 6.45) is 3.53. The lowest BCUT2D eigenvalue weighted by atomic mass is 9.84. The molecular weight excluding hydrogens is 210 g/mol. The van der Waals surface area contributed by atoms with Crippen LogP contribution in [0.3, 0.4) is 0 Å². The van der Waals surface area contributed by atoms with Crippen LogP contribution in [0.1, 0.15) is 67.7 Å². The third-order valence-electron chi connectivity index (χ3n) is 2.86. The molecule has 0 saturated heterocycles. The van der Waals surface area contributed by atoms with Gasteiger partial charge in [0, 0.05) is 12.6 Å². The summed E-state index contributed by atoms with van der Waals surface area (Å²) in [6, 6.07) is 0.589. The molecule has 0 aliphatic carbocycles. The fourth-order valence-corrected chi connectivity index (χ4v) is 1.83. The van der Waals surface area contributed by atoms with Crippen LogP contribution in [0, 0.1) is 5.41 Å². The van der Waals surface area contributed by atoms with E-state index in [1.54, 1.807) is 0 Å². The Morgan fingerprint density at radius 2 is 1.65 bits per heavy atom. The van der Waals surface area contributed by atoms with Crippen molar-refractivity contribution in [1.82, 2.24) is 5.32 Å². The van der Waals surface area contributed by atoms with Crippen molar-refractivity contribution < 1.29 is 4.74 Å². The third kappa shape index (κ3) is 9.61. The molecule has 1 unspecified atom stereocenters. The first kappa shape index (κ1) is 16.9. The van der Waals surface area contributed by atoms with E-state index in [2.05, 4.69) is 53.8 Å². The van der Waals surface area contributed by atoms with Crippen molar-refractivity contribution in [3.63, 3.8) is 0 Å².